The topological polar surface area (TPSA) is 12.0 Å². The van der Waals surface area contributed by atoms with Crippen molar-refractivity contribution in [3.05, 3.63) is 23.2 Å². The summed E-state index contributed by atoms with van der Waals surface area (Å²) in [6.45, 7) is 2.09. The van der Waals surface area contributed by atoms with Crippen LogP contribution >= 0.6 is 35.6 Å². The van der Waals surface area contributed by atoms with E-state index in [0.717, 1.165) is 15.7 Å². The number of thiocarbonyl (C=S) groups is 1. The minimum absolute atomic E-state index is 0.351. The Morgan fingerprint density at radius 2 is 2.31 bits per heavy atom. The molecule has 0 saturated carbocycles. The van der Waals surface area contributed by atoms with Gasteiger partial charge in [0.15, 0.2) is 0 Å². The van der Waals surface area contributed by atoms with Gasteiger partial charge in [-0.1, -0.05) is 23.8 Å². The molecule has 68 valence electrons. The van der Waals surface area contributed by atoms with Crippen LogP contribution in [0.3, 0.4) is 0 Å². The Bertz CT molecular complexity index is 365. The van der Waals surface area contributed by atoms with Crippen LogP contribution in [0, 0.1) is 0 Å². The highest BCUT2D eigenvalue weighted by Gasteiger charge is 2.19. The molecule has 0 amide bonds. The highest BCUT2D eigenvalue weighted by atomic mass is 35.5. The van der Waals surface area contributed by atoms with Crippen molar-refractivity contribution in [2.45, 2.75) is 17.1 Å². The van der Waals surface area contributed by atoms with Gasteiger partial charge < -0.3 is 5.32 Å². The zero-order chi connectivity index (χ0) is 9.42. The van der Waals surface area contributed by atoms with Crippen molar-refractivity contribution < 1.29 is 0 Å². The zero-order valence-electron chi connectivity index (χ0n) is 7.00. The summed E-state index contributed by atoms with van der Waals surface area (Å²) in [5.74, 6) is 0. The van der Waals surface area contributed by atoms with Crippen LogP contribution in [0.5, 0.6) is 0 Å². The molecule has 0 aliphatic carbocycles. The van der Waals surface area contributed by atoms with Crippen molar-refractivity contribution in [1.82, 2.24) is 0 Å². The van der Waals surface area contributed by atoms with Gasteiger partial charge >= 0.3 is 0 Å². The van der Waals surface area contributed by atoms with E-state index in [2.05, 4.69) is 12.2 Å². The fourth-order valence-electron chi connectivity index (χ4n) is 1.18. The maximum Gasteiger partial charge on any atom is 0.0930 e. The first-order valence-corrected chi connectivity index (χ1v) is 5.60. The van der Waals surface area contributed by atoms with Gasteiger partial charge in [-0.15, -0.1) is 11.8 Å². The summed E-state index contributed by atoms with van der Waals surface area (Å²) < 4.78 is 0. The third-order valence-corrected chi connectivity index (χ3v) is 3.91. The zero-order valence-corrected chi connectivity index (χ0v) is 9.39. The Kier molecular flexibility index (Phi) is 2.49. The van der Waals surface area contributed by atoms with Crippen LogP contribution in [0.4, 0.5) is 5.69 Å². The van der Waals surface area contributed by atoms with Gasteiger partial charge in [-0.3, -0.25) is 0 Å². The third kappa shape index (κ3) is 1.82. The van der Waals surface area contributed by atoms with Gasteiger partial charge in [0.25, 0.3) is 0 Å². The Hall–Kier alpha value is -0.250. The van der Waals surface area contributed by atoms with Crippen molar-refractivity contribution in [3.8, 4) is 0 Å². The molecule has 1 aliphatic rings. The van der Waals surface area contributed by atoms with Gasteiger partial charge in [-0.25, -0.2) is 0 Å². The van der Waals surface area contributed by atoms with Crippen molar-refractivity contribution in [1.29, 1.82) is 0 Å². The number of halogens is 1. The van der Waals surface area contributed by atoms with E-state index in [1.165, 1.54) is 4.90 Å². The standard InChI is InChI=1S/C9H8ClNS2/c1-5-9(12)11-7-4-6(10)2-3-8(7)13-5/h2-5H,1H3,(H,11,12). The molecule has 1 heterocycles. The molecule has 0 spiro atoms. The van der Waals surface area contributed by atoms with Crippen LogP contribution in [-0.4, -0.2) is 10.2 Å². The van der Waals surface area contributed by atoms with Crippen LogP contribution < -0.4 is 5.32 Å². The van der Waals surface area contributed by atoms with Crippen molar-refractivity contribution >= 4 is 46.3 Å². The van der Waals surface area contributed by atoms with Gasteiger partial charge in [-0.05, 0) is 25.1 Å². The van der Waals surface area contributed by atoms with Crippen LogP contribution in [-0.2, 0) is 0 Å². The molecule has 13 heavy (non-hydrogen) atoms. The number of benzene rings is 1. The number of anilines is 1. The highest BCUT2D eigenvalue weighted by molar-refractivity contribution is 8.02. The van der Waals surface area contributed by atoms with Crippen LogP contribution in [0.2, 0.25) is 5.02 Å². The van der Waals surface area contributed by atoms with Gasteiger partial charge in [0.05, 0.1) is 15.9 Å². The summed E-state index contributed by atoms with van der Waals surface area (Å²) in [5, 5.41) is 4.27. The average Bonchev–Trinajstić information content (AvgIpc) is 2.08. The quantitative estimate of drug-likeness (QED) is 0.683. The molecule has 0 bridgehead atoms. The Morgan fingerprint density at radius 1 is 1.54 bits per heavy atom. The first kappa shape index (κ1) is 9.31. The molecule has 2 rings (SSSR count). The fraction of sp³-hybridized carbons (Fsp3) is 0.222. The molecule has 4 heteroatoms. The number of hydrogen-bond acceptors (Lipinski definition) is 2. The maximum absolute atomic E-state index is 5.87. The first-order chi connectivity index (χ1) is 6.16. The lowest BCUT2D eigenvalue weighted by Gasteiger charge is -2.23. The van der Waals surface area contributed by atoms with Crippen LogP contribution in [0.1, 0.15) is 6.92 Å². The first-order valence-electron chi connectivity index (χ1n) is 3.94. The van der Waals surface area contributed by atoms with Gasteiger partial charge in [0.2, 0.25) is 0 Å². The van der Waals surface area contributed by atoms with Crippen LogP contribution in [0.25, 0.3) is 0 Å². The molecule has 1 aromatic rings. The Morgan fingerprint density at radius 3 is 3.08 bits per heavy atom. The van der Waals surface area contributed by atoms with E-state index in [1.54, 1.807) is 11.8 Å². The number of rotatable bonds is 0. The van der Waals surface area contributed by atoms with Crippen molar-refractivity contribution in [3.63, 3.8) is 0 Å². The second kappa shape index (κ2) is 3.48. The van der Waals surface area contributed by atoms with E-state index in [-0.39, 0.29) is 0 Å². The number of hydrogen-bond donors (Lipinski definition) is 1. The predicted molar refractivity (Wildman–Crippen MR) is 63.0 cm³/mol. The Balaban J connectivity index is 2.42. The second-order valence-corrected chi connectivity index (χ2v) is 5.15. The lowest BCUT2D eigenvalue weighted by molar-refractivity contribution is 1.27. The molecular weight excluding hydrogens is 222 g/mol. The smallest absolute Gasteiger partial charge is 0.0930 e. The van der Waals surface area contributed by atoms with Gasteiger partial charge in [0.1, 0.15) is 0 Å². The summed E-state index contributed by atoms with van der Waals surface area (Å²) >= 11 is 12.8. The van der Waals surface area contributed by atoms with E-state index in [9.17, 15) is 0 Å². The highest BCUT2D eigenvalue weighted by Crippen LogP contribution is 2.37. The van der Waals surface area contributed by atoms with E-state index in [1.807, 2.05) is 18.2 Å². The summed E-state index contributed by atoms with van der Waals surface area (Å²) in [5.41, 5.74) is 1.03. The molecule has 1 aromatic carbocycles. The molecule has 1 N–H and O–H groups in total. The average molecular weight is 230 g/mol. The lowest BCUT2D eigenvalue weighted by Crippen LogP contribution is -2.24. The van der Waals surface area contributed by atoms with Gasteiger partial charge in [-0.2, -0.15) is 0 Å². The molecule has 0 fully saturated rings. The molecule has 1 unspecified atom stereocenters. The molecule has 0 radical (unpaired) electrons. The monoisotopic (exact) mass is 229 g/mol. The third-order valence-electron chi connectivity index (χ3n) is 1.87. The summed E-state index contributed by atoms with van der Waals surface area (Å²) in [4.78, 5) is 2.09. The maximum atomic E-state index is 5.87. The normalized spacial score (nSPS) is 20.8. The molecule has 0 aromatic heterocycles. The Labute approximate surface area is 91.9 Å². The summed E-state index contributed by atoms with van der Waals surface area (Å²) in [7, 11) is 0. The van der Waals surface area contributed by atoms with E-state index >= 15 is 0 Å². The second-order valence-electron chi connectivity index (χ2n) is 2.89. The molecule has 0 saturated heterocycles. The molecular formula is C9H8ClNS2. The predicted octanol–water partition coefficient (Wildman–Crippen LogP) is 3.57. The summed E-state index contributed by atoms with van der Waals surface area (Å²) in [6, 6.07) is 5.83. The molecule has 1 nitrogen and oxygen atoms in total. The van der Waals surface area contributed by atoms with E-state index in [4.69, 9.17) is 23.8 Å². The fourth-order valence-corrected chi connectivity index (χ4v) is 2.54. The number of fused-ring (bicyclic) bond motifs is 1. The largest absolute Gasteiger partial charge is 0.348 e. The molecule has 1 aliphatic heterocycles. The number of nitrogens with one attached hydrogen (secondary N) is 1. The minimum Gasteiger partial charge on any atom is -0.348 e. The molecule has 1 atom stereocenters. The van der Waals surface area contributed by atoms with Crippen molar-refractivity contribution in [2.24, 2.45) is 0 Å². The number of thioether (sulfide) groups is 1. The summed E-state index contributed by atoms with van der Waals surface area (Å²) in [6.07, 6.45) is 0. The van der Waals surface area contributed by atoms with E-state index in [0.29, 0.717) is 5.25 Å². The van der Waals surface area contributed by atoms with Crippen molar-refractivity contribution in [2.75, 3.05) is 5.32 Å². The lowest BCUT2D eigenvalue weighted by atomic mass is 10.3. The van der Waals surface area contributed by atoms with Crippen LogP contribution in [0.15, 0.2) is 23.1 Å². The SMILES string of the molecule is CC1Sc2ccc(Cl)cc2NC1=S. The van der Waals surface area contributed by atoms with Gasteiger partial charge in [0, 0.05) is 9.92 Å². The minimum atomic E-state index is 0.351. The van der Waals surface area contributed by atoms with E-state index < -0.39 is 0 Å².